The Morgan fingerprint density at radius 1 is 1.29 bits per heavy atom. The average molecular weight is 241 g/mol. The summed E-state index contributed by atoms with van der Waals surface area (Å²) in [5.74, 6) is 0.426. The fourth-order valence-electron chi connectivity index (χ4n) is 1.30. The first kappa shape index (κ1) is 13.7. The highest BCUT2D eigenvalue weighted by Gasteiger charge is 2.05. The van der Waals surface area contributed by atoms with E-state index >= 15 is 0 Å². The van der Waals surface area contributed by atoms with Crippen LogP contribution in [-0.2, 0) is 25.5 Å². The molecule has 1 aromatic rings. The second kappa shape index (κ2) is 5.79. The van der Waals surface area contributed by atoms with Crippen molar-refractivity contribution >= 4 is 0 Å². The van der Waals surface area contributed by atoms with Gasteiger partial charge in [-0.25, -0.2) is 4.79 Å². The molecule has 0 spiro atoms. The van der Waals surface area contributed by atoms with Crippen molar-refractivity contribution in [3.8, 4) is 0 Å². The van der Waals surface area contributed by atoms with Gasteiger partial charge in [-0.2, -0.15) is 5.48 Å². The van der Waals surface area contributed by atoms with Crippen molar-refractivity contribution < 1.29 is 4.84 Å². The summed E-state index contributed by atoms with van der Waals surface area (Å²) in [4.78, 5) is 28.2. The zero-order valence-electron chi connectivity index (χ0n) is 10.7. The molecule has 1 heterocycles. The van der Waals surface area contributed by atoms with Crippen LogP contribution in [0.4, 0.5) is 0 Å². The molecule has 0 atom stereocenters. The molecule has 0 aromatic carbocycles. The smallest absolute Gasteiger partial charge is 0.301 e. The van der Waals surface area contributed by atoms with Crippen LogP contribution in [0, 0.1) is 5.92 Å². The lowest BCUT2D eigenvalue weighted by Gasteiger charge is -2.11. The molecule has 0 aliphatic rings. The van der Waals surface area contributed by atoms with Crippen LogP contribution in [-0.4, -0.2) is 15.7 Å². The summed E-state index contributed by atoms with van der Waals surface area (Å²) in [6, 6.07) is 1.42. The molecule has 0 amide bonds. The largest absolute Gasteiger partial charge is 0.330 e. The Morgan fingerprint density at radius 3 is 2.53 bits per heavy atom. The van der Waals surface area contributed by atoms with Gasteiger partial charge in [0, 0.05) is 25.9 Å². The number of rotatable bonds is 5. The van der Waals surface area contributed by atoms with Crippen LogP contribution < -0.4 is 16.7 Å². The van der Waals surface area contributed by atoms with Gasteiger partial charge >= 0.3 is 5.69 Å². The Morgan fingerprint density at radius 2 is 1.94 bits per heavy atom. The van der Waals surface area contributed by atoms with E-state index in [4.69, 9.17) is 4.84 Å². The first-order chi connectivity index (χ1) is 7.93. The zero-order chi connectivity index (χ0) is 13.0. The van der Waals surface area contributed by atoms with Crippen LogP contribution in [0.1, 0.15) is 19.5 Å². The van der Waals surface area contributed by atoms with Crippen LogP contribution in [0.2, 0.25) is 0 Å². The molecule has 0 aliphatic carbocycles. The molecule has 0 saturated heterocycles. The van der Waals surface area contributed by atoms with E-state index in [-0.39, 0.29) is 11.2 Å². The minimum absolute atomic E-state index is 0.311. The fourth-order valence-corrected chi connectivity index (χ4v) is 1.30. The molecule has 6 heteroatoms. The summed E-state index contributed by atoms with van der Waals surface area (Å²) in [7, 11) is 3.08. The minimum Gasteiger partial charge on any atom is -0.301 e. The Balaban J connectivity index is 2.73. The third-order valence-corrected chi connectivity index (χ3v) is 2.40. The Kier molecular flexibility index (Phi) is 4.65. The molecule has 0 radical (unpaired) electrons. The monoisotopic (exact) mass is 241 g/mol. The van der Waals surface area contributed by atoms with E-state index in [0.717, 1.165) is 4.57 Å². The van der Waals surface area contributed by atoms with Crippen LogP contribution in [0.15, 0.2) is 15.7 Å². The van der Waals surface area contributed by atoms with Crippen molar-refractivity contribution in [1.82, 2.24) is 14.6 Å². The standard InChI is InChI=1S/C11H19N3O3/c1-8(2)7-17-12-6-9-5-10(15)14(4)11(16)13(9)3/h5,8,12H,6-7H2,1-4H3. The summed E-state index contributed by atoms with van der Waals surface area (Å²) < 4.78 is 2.49. The van der Waals surface area contributed by atoms with E-state index < -0.39 is 0 Å². The average Bonchev–Trinajstić information content (AvgIpc) is 2.27. The normalized spacial score (nSPS) is 11.1. The predicted octanol–water partition coefficient (Wildman–Crippen LogP) is -0.239. The number of nitrogens with zero attached hydrogens (tertiary/aromatic N) is 2. The van der Waals surface area contributed by atoms with Crippen molar-refractivity contribution in [2.45, 2.75) is 20.4 Å². The molecule has 6 nitrogen and oxygen atoms in total. The van der Waals surface area contributed by atoms with Gasteiger partial charge in [0.25, 0.3) is 5.56 Å². The van der Waals surface area contributed by atoms with Crippen LogP contribution in [0.5, 0.6) is 0 Å². The van der Waals surface area contributed by atoms with Crippen molar-refractivity contribution in [2.75, 3.05) is 6.61 Å². The SMILES string of the molecule is CC(C)CONCc1cc(=O)n(C)c(=O)n1C. The van der Waals surface area contributed by atoms with Gasteiger partial charge in [0.2, 0.25) is 0 Å². The van der Waals surface area contributed by atoms with Crippen molar-refractivity contribution in [3.63, 3.8) is 0 Å². The Hall–Kier alpha value is -1.40. The van der Waals surface area contributed by atoms with E-state index in [1.165, 1.54) is 17.7 Å². The third kappa shape index (κ3) is 3.54. The number of aromatic nitrogens is 2. The number of hydrogen-bond acceptors (Lipinski definition) is 4. The molecule has 96 valence electrons. The highest BCUT2D eigenvalue weighted by atomic mass is 16.6. The lowest BCUT2D eigenvalue weighted by Crippen LogP contribution is -2.39. The Labute approximate surface area is 99.8 Å². The second-order valence-corrected chi connectivity index (χ2v) is 4.40. The molecule has 0 saturated carbocycles. The molecule has 0 unspecified atom stereocenters. The molecule has 0 fully saturated rings. The number of nitrogens with one attached hydrogen (secondary N) is 1. The molecule has 17 heavy (non-hydrogen) atoms. The molecular weight excluding hydrogens is 222 g/mol. The quantitative estimate of drug-likeness (QED) is 0.571. The number of hydroxylamine groups is 1. The molecule has 0 bridgehead atoms. The first-order valence-electron chi connectivity index (χ1n) is 5.54. The van der Waals surface area contributed by atoms with E-state index in [1.54, 1.807) is 7.05 Å². The summed E-state index contributed by atoms with van der Waals surface area (Å²) in [6.07, 6.45) is 0. The first-order valence-corrected chi connectivity index (χ1v) is 5.54. The van der Waals surface area contributed by atoms with E-state index in [9.17, 15) is 9.59 Å². The van der Waals surface area contributed by atoms with E-state index in [2.05, 4.69) is 5.48 Å². The topological polar surface area (TPSA) is 65.3 Å². The predicted molar refractivity (Wildman–Crippen MR) is 64.6 cm³/mol. The van der Waals surface area contributed by atoms with Crippen LogP contribution >= 0.6 is 0 Å². The lowest BCUT2D eigenvalue weighted by atomic mass is 10.2. The summed E-state index contributed by atoms with van der Waals surface area (Å²) in [6.45, 7) is 4.98. The lowest BCUT2D eigenvalue weighted by molar-refractivity contribution is 0.0184. The van der Waals surface area contributed by atoms with Gasteiger partial charge in [-0.3, -0.25) is 13.9 Å². The number of hydrogen-bond donors (Lipinski definition) is 1. The molecule has 1 rings (SSSR count). The summed E-state index contributed by atoms with van der Waals surface area (Å²) >= 11 is 0. The molecule has 1 N–H and O–H groups in total. The van der Waals surface area contributed by atoms with Gasteiger partial charge in [0.15, 0.2) is 0 Å². The second-order valence-electron chi connectivity index (χ2n) is 4.40. The van der Waals surface area contributed by atoms with E-state index in [0.29, 0.717) is 24.8 Å². The molecule has 1 aromatic heterocycles. The maximum absolute atomic E-state index is 11.6. The van der Waals surface area contributed by atoms with E-state index in [1.807, 2.05) is 13.8 Å². The van der Waals surface area contributed by atoms with Gasteiger partial charge in [-0.05, 0) is 5.92 Å². The fraction of sp³-hybridized carbons (Fsp3) is 0.636. The van der Waals surface area contributed by atoms with Gasteiger partial charge < -0.3 is 4.84 Å². The van der Waals surface area contributed by atoms with Crippen LogP contribution in [0.3, 0.4) is 0 Å². The van der Waals surface area contributed by atoms with Crippen LogP contribution in [0.25, 0.3) is 0 Å². The molecule has 0 aliphatic heterocycles. The van der Waals surface area contributed by atoms with Crippen molar-refractivity contribution in [3.05, 3.63) is 32.6 Å². The highest BCUT2D eigenvalue weighted by molar-refractivity contribution is 5.01. The molecular formula is C11H19N3O3. The van der Waals surface area contributed by atoms with Gasteiger partial charge in [-0.1, -0.05) is 13.8 Å². The zero-order valence-corrected chi connectivity index (χ0v) is 10.7. The maximum Gasteiger partial charge on any atom is 0.330 e. The third-order valence-electron chi connectivity index (χ3n) is 2.40. The van der Waals surface area contributed by atoms with Gasteiger partial charge in [-0.15, -0.1) is 0 Å². The van der Waals surface area contributed by atoms with Crippen molar-refractivity contribution in [2.24, 2.45) is 20.0 Å². The van der Waals surface area contributed by atoms with Gasteiger partial charge in [0.05, 0.1) is 13.2 Å². The Bertz CT molecular complexity index is 488. The summed E-state index contributed by atoms with van der Waals surface area (Å²) in [5.41, 5.74) is 2.69. The summed E-state index contributed by atoms with van der Waals surface area (Å²) in [5, 5.41) is 0. The highest BCUT2D eigenvalue weighted by Crippen LogP contribution is 1.93. The van der Waals surface area contributed by atoms with Crippen molar-refractivity contribution in [1.29, 1.82) is 0 Å². The minimum atomic E-state index is -0.335. The van der Waals surface area contributed by atoms with Gasteiger partial charge in [0.1, 0.15) is 0 Å². The maximum atomic E-state index is 11.6.